The van der Waals surface area contributed by atoms with Crippen LogP contribution in [0.3, 0.4) is 0 Å². The number of likely N-dealkylation sites (tertiary alicyclic amines) is 1. The largest absolute Gasteiger partial charge is 0.507 e. The SMILES string of the molecule is CCOc1ccc(/C(O)=C2/C(=O)C(=O)N(Cc3ccco3)C2c2cccnc2)cc1C. The molecule has 0 radical (unpaired) electrons. The summed E-state index contributed by atoms with van der Waals surface area (Å²) in [5, 5.41) is 11.1. The summed E-state index contributed by atoms with van der Waals surface area (Å²) in [6.45, 7) is 4.36. The molecule has 7 heteroatoms. The monoisotopic (exact) mass is 418 g/mol. The van der Waals surface area contributed by atoms with E-state index in [0.29, 0.717) is 29.2 Å². The smallest absolute Gasteiger partial charge is 0.296 e. The van der Waals surface area contributed by atoms with Crippen molar-refractivity contribution >= 4 is 17.4 Å². The lowest BCUT2D eigenvalue weighted by Crippen LogP contribution is -2.29. The van der Waals surface area contributed by atoms with Gasteiger partial charge in [0, 0.05) is 18.0 Å². The van der Waals surface area contributed by atoms with E-state index >= 15 is 0 Å². The van der Waals surface area contributed by atoms with Crippen LogP contribution in [-0.4, -0.2) is 33.3 Å². The molecule has 1 saturated heterocycles. The van der Waals surface area contributed by atoms with Gasteiger partial charge in [-0.1, -0.05) is 6.07 Å². The molecule has 2 aromatic heterocycles. The summed E-state index contributed by atoms with van der Waals surface area (Å²) in [4.78, 5) is 31.5. The van der Waals surface area contributed by atoms with Gasteiger partial charge in [0.05, 0.1) is 31.0 Å². The molecule has 0 bridgehead atoms. The van der Waals surface area contributed by atoms with Crippen LogP contribution in [0.2, 0.25) is 0 Å². The van der Waals surface area contributed by atoms with Crippen LogP contribution in [0.4, 0.5) is 0 Å². The summed E-state index contributed by atoms with van der Waals surface area (Å²) in [5.74, 6) is -0.451. The highest BCUT2D eigenvalue weighted by molar-refractivity contribution is 6.46. The minimum absolute atomic E-state index is 0.0214. The molecule has 4 rings (SSSR count). The van der Waals surface area contributed by atoms with E-state index < -0.39 is 17.7 Å². The minimum Gasteiger partial charge on any atom is -0.507 e. The summed E-state index contributed by atoms with van der Waals surface area (Å²) in [6.07, 6.45) is 4.70. The molecular formula is C24H22N2O5. The molecule has 7 nitrogen and oxygen atoms in total. The minimum atomic E-state index is -0.786. The number of ether oxygens (including phenoxy) is 1. The van der Waals surface area contributed by atoms with Gasteiger partial charge < -0.3 is 19.2 Å². The number of aliphatic hydroxyl groups excluding tert-OH is 1. The van der Waals surface area contributed by atoms with Gasteiger partial charge in [0.1, 0.15) is 17.3 Å². The number of benzene rings is 1. The number of hydrogen-bond acceptors (Lipinski definition) is 6. The Morgan fingerprint density at radius 3 is 2.71 bits per heavy atom. The molecule has 0 saturated carbocycles. The highest BCUT2D eigenvalue weighted by Crippen LogP contribution is 2.40. The maximum atomic E-state index is 13.0. The van der Waals surface area contributed by atoms with Crippen LogP contribution in [0.25, 0.3) is 5.76 Å². The zero-order valence-electron chi connectivity index (χ0n) is 17.2. The fourth-order valence-electron chi connectivity index (χ4n) is 3.77. The van der Waals surface area contributed by atoms with Gasteiger partial charge in [-0.3, -0.25) is 14.6 Å². The number of amides is 1. The quantitative estimate of drug-likeness (QED) is 0.369. The van der Waals surface area contributed by atoms with Crippen molar-refractivity contribution in [1.82, 2.24) is 9.88 Å². The van der Waals surface area contributed by atoms with Gasteiger partial charge in [-0.25, -0.2) is 0 Å². The molecule has 1 N–H and O–H groups in total. The molecule has 1 amide bonds. The van der Waals surface area contributed by atoms with Crippen LogP contribution in [0.15, 0.2) is 71.1 Å². The molecule has 1 aliphatic rings. The van der Waals surface area contributed by atoms with E-state index in [2.05, 4.69) is 4.98 Å². The predicted molar refractivity (Wildman–Crippen MR) is 113 cm³/mol. The zero-order valence-corrected chi connectivity index (χ0v) is 17.2. The lowest BCUT2D eigenvalue weighted by molar-refractivity contribution is -0.140. The average molecular weight is 418 g/mol. The molecule has 1 fully saturated rings. The Morgan fingerprint density at radius 1 is 1.23 bits per heavy atom. The van der Waals surface area contributed by atoms with E-state index in [4.69, 9.17) is 9.15 Å². The average Bonchev–Trinajstić information content (AvgIpc) is 3.38. The van der Waals surface area contributed by atoms with Crippen molar-refractivity contribution in [2.45, 2.75) is 26.4 Å². The number of aryl methyl sites for hydroxylation is 1. The van der Waals surface area contributed by atoms with Crippen LogP contribution in [0.1, 0.15) is 35.4 Å². The van der Waals surface area contributed by atoms with Gasteiger partial charge in [-0.15, -0.1) is 0 Å². The lowest BCUT2D eigenvalue weighted by atomic mass is 9.95. The second-order valence-corrected chi connectivity index (χ2v) is 7.21. The number of nitrogens with zero attached hydrogens (tertiary/aromatic N) is 2. The zero-order chi connectivity index (χ0) is 22.0. The Balaban J connectivity index is 1.83. The number of carbonyl (C=O) groups is 2. The van der Waals surface area contributed by atoms with E-state index in [-0.39, 0.29) is 17.9 Å². The fraction of sp³-hybridized carbons (Fsp3) is 0.208. The summed E-state index contributed by atoms with van der Waals surface area (Å²) in [6, 6.07) is 11.3. The van der Waals surface area contributed by atoms with E-state index in [0.717, 1.165) is 5.56 Å². The maximum Gasteiger partial charge on any atom is 0.296 e. The molecule has 1 atom stereocenters. The molecule has 1 aromatic carbocycles. The van der Waals surface area contributed by atoms with Crippen molar-refractivity contribution in [1.29, 1.82) is 0 Å². The first-order chi connectivity index (χ1) is 15.0. The Kier molecular flexibility index (Phi) is 5.58. The standard InChI is InChI=1S/C24H22N2O5/c1-3-30-19-9-8-16(12-15(19)2)22(27)20-21(17-6-4-10-25-13-17)26(24(29)23(20)28)14-18-7-5-11-31-18/h4-13,21,27H,3,14H2,1-2H3/b22-20-. The number of aliphatic hydroxyl groups is 1. The number of carbonyl (C=O) groups excluding carboxylic acids is 2. The summed E-state index contributed by atoms with van der Waals surface area (Å²) >= 11 is 0. The van der Waals surface area contributed by atoms with Gasteiger partial charge >= 0.3 is 0 Å². The topological polar surface area (TPSA) is 92.9 Å². The number of pyridine rings is 1. The third kappa shape index (κ3) is 3.82. The third-order valence-corrected chi connectivity index (χ3v) is 5.19. The van der Waals surface area contributed by atoms with E-state index in [1.54, 1.807) is 54.9 Å². The van der Waals surface area contributed by atoms with Crippen LogP contribution in [0.5, 0.6) is 5.75 Å². The highest BCUT2D eigenvalue weighted by Gasteiger charge is 2.46. The summed E-state index contributed by atoms with van der Waals surface area (Å²) in [5.41, 5.74) is 1.89. The number of aromatic nitrogens is 1. The lowest BCUT2D eigenvalue weighted by Gasteiger charge is -2.24. The number of rotatable bonds is 6. The van der Waals surface area contributed by atoms with E-state index in [9.17, 15) is 14.7 Å². The van der Waals surface area contributed by atoms with E-state index in [1.165, 1.54) is 11.2 Å². The third-order valence-electron chi connectivity index (χ3n) is 5.19. The van der Waals surface area contributed by atoms with Crippen molar-refractivity contribution in [3.05, 3.63) is 89.1 Å². The first kappa shape index (κ1) is 20.4. The van der Waals surface area contributed by atoms with Gasteiger partial charge in [0.25, 0.3) is 11.7 Å². The first-order valence-corrected chi connectivity index (χ1v) is 9.95. The first-order valence-electron chi connectivity index (χ1n) is 9.95. The summed E-state index contributed by atoms with van der Waals surface area (Å²) in [7, 11) is 0. The number of ketones is 1. The molecule has 1 aliphatic heterocycles. The molecule has 158 valence electrons. The normalized spacial score (nSPS) is 17.9. The van der Waals surface area contributed by atoms with Gasteiger partial charge in [0.2, 0.25) is 0 Å². The number of hydrogen-bond donors (Lipinski definition) is 1. The van der Waals surface area contributed by atoms with Crippen LogP contribution in [0, 0.1) is 6.92 Å². The second kappa shape index (κ2) is 8.47. The predicted octanol–water partition coefficient (Wildman–Crippen LogP) is 4.00. The molecule has 0 aliphatic carbocycles. The van der Waals surface area contributed by atoms with Crippen LogP contribution in [-0.2, 0) is 16.1 Å². The Hall–Kier alpha value is -3.87. The van der Waals surface area contributed by atoms with Crippen LogP contribution < -0.4 is 4.74 Å². The van der Waals surface area contributed by atoms with Crippen molar-refractivity contribution in [3.63, 3.8) is 0 Å². The Labute approximate surface area is 179 Å². The molecule has 1 unspecified atom stereocenters. The van der Waals surface area contributed by atoms with Gasteiger partial charge in [-0.05, 0) is 61.4 Å². The van der Waals surface area contributed by atoms with Crippen molar-refractivity contribution in [3.8, 4) is 5.75 Å². The Morgan fingerprint density at radius 2 is 2.06 bits per heavy atom. The maximum absolute atomic E-state index is 13.0. The summed E-state index contributed by atoms with van der Waals surface area (Å²) < 4.78 is 10.9. The molecule has 31 heavy (non-hydrogen) atoms. The molecule has 3 aromatic rings. The van der Waals surface area contributed by atoms with Gasteiger partial charge in [0.15, 0.2) is 0 Å². The van der Waals surface area contributed by atoms with E-state index in [1.807, 2.05) is 13.8 Å². The molecule has 0 spiro atoms. The van der Waals surface area contributed by atoms with Gasteiger partial charge in [-0.2, -0.15) is 0 Å². The highest BCUT2D eigenvalue weighted by atomic mass is 16.5. The molecule has 3 heterocycles. The number of furan rings is 1. The number of Topliss-reactive ketones (excluding diaryl/α,β-unsaturated/α-hetero) is 1. The van der Waals surface area contributed by atoms with Crippen molar-refractivity contribution in [2.75, 3.05) is 6.61 Å². The van der Waals surface area contributed by atoms with Crippen molar-refractivity contribution in [2.24, 2.45) is 0 Å². The van der Waals surface area contributed by atoms with Crippen molar-refractivity contribution < 1.29 is 23.8 Å². The Bertz CT molecular complexity index is 1140. The molecular weight excluding hydrogens is 396 g/mol. The second-order valence-electron chi connectivity index (χ2n) is 7.21. The van der Waals surface area contributed by atoms with Crippen LogP contribution >= 0.6 is 0 Å². The fourth-order valence-corrected chi connectivity index (χ4v) is 3.77.